The van der Waals surface area contributed by atoms with Gasteiger partial charge in [0.25, 0.3) is 5.91 Å². The Morgan fingerprint density at radius 2 is 1.68 bits per heavy atom. The van der Waals surface area contributed by atoms with Crippen LogP contribution in [0.5, 0.6) is 0 Å². The second kappa shape index (κ2) is 7.49. The first-order valence-corrected chi connectivity index (χ1v) is 7.85. The van der Waals surface area contributed by atoms with Crippen molar-refractivity contribution in [2.45, 2.75) is 13.0 Å². The van der Waals surface area contributed by atoms with E-state index in [1.165, 1.54) is 19.3 Å². The monoisotopic (exact) mass is 335 g/mol. The summed E-state index contributed by atoms with van der Waals surface area (Å²) in [7, 11) is 0. The Balaban J connectivity index is 1.72. The van der Waals surface area contributed by atoms with Gasteiger partial charge in [0.2, 0.25) is 5.76 Å². The lowest BCUT2D eigenvalue weighted by Crippen LogP contribution is -2.30. The highest BCUT2D eigenvalue weighted by molar-refractivity contribution is 5.99. The molecule has 3 aromatic rings. The molecule has 1 amide bonds. The summed E-state index contributed by atoms with van der Waals surface area (Å²) in [5, 5.41) is 2.81. The lowest BCUT2D eigenvalue weighted by atomic mass is 10.0. The molecule has 1 heterocycles. The molecular weight excluding hydrogens is 318 g/mol. The fourth-order valence-electron chi connectivity index (χ4n) is 2.36. The van der Waals surface area contributed by atoms with Crippen molar-refractivity contribution in [3.63, 3.8) is 0 Å². The van der Waals surface area contributed by atoms with E-state index in [0.29, 0.717) is 5.69 Å². The molecule has 0 saturated heterocycles. The molecule has 2 aromatic carbocycles. The number of ether oxygens (including phenoxy) is 1. The number of hydrogen-bond donors (Lipinski definition) is 1. The maximum atomic E-state index is 12.4. The van der Waals surface area contributed by atoms with Gasteiger partial charge in [-0.15, -0.1) is 0 Å². The van der Waals surface area contributed by atoms with Crippen molar-refractivity contribution in [2.75, 3.05) is 5.32 Å². The smallest absolute Gasteiger partial charge is 0.374 e. The van der Waals surface area contributed by atoms with E-state index in [1.807, 2.05) is 48.5 Å². The summed E-state index contributed by atoms with van der Waals surface area (Å²) in [6.45, 7) is 1.52. The van der Waals surface area contributed by atoms with Crippen molar-refractivity contribution in [3.8, 4) is 11.1 Å². The first kappa shape index (κ1) is 16.5. The lowest BCUT2D eigenvalue weighted by Gasteiger charge is -2.15. The topological polar surface area (TPSA) is 68.5 Å². The lowest BCUT2D eigenvalue weighted by molar-refractivity contribution is -0.123. The van der Waals surface area contributed by atoms with Crippen molar-refractivity contribution >= 4 is 17.6 Å². The molecule has 0 fully saturated rings. The average molecular weight is 335 g/mol. The van der Waals surface area contributed by atoms with Crippen LogP contribution in [0.4, 0.5) is 5.69 Å². The van der Waals surface area contributed by atoms with Crippen LogP contribution in [0.1, 0.15) is 17.5 Å². The summed E-state index contributed by atoms with van der Waals surface area (Å²) in [6, 6.07) is 20.3. The van der Waals surface area contributed by atoms with E-state index in [-0.39, 0.29) is 5.76 Å². The molecule has 0 aliphatic carbocycles. The molecule has 1 N–H and O–H groups in total. The maximum absolute atomic E-state index is 12.4. The summed E-state index contributed by atoms with van der Waals surface area (Å²) >= 11 is 0. The van der Waals surface area contributed by atoms with E-state index in [0.717, 1.165) is 11.1 Å². The second-order valence-corrected chi connectivity index (χ2v) is 5.43. The van der Waals surface area contributed by atoms with Gasteiger partial charge in [-0.25, -0.2) is 4.79 Å². The second-order valence-electron chi connectivity index (χ2n) is 5.43. The molecule has 5 nitrogen and oxygen atoms in total. The first-order chi connectivity index (χ1) is 12.1. The number of amides is 1. The van der Waals surface area contributed by atoms with Crippen LogP contribution in [0.3, 0.4) is 0 Å². The van der Waals surface area contributed by atoms with E-state index in [9.17, 15) is 9.59 Å². The fourth-order valence-corrected chi connectivity index (χ4v) is 2.36. The number of esters is 1. The predicted molar refractivity (Wildman–Crippen MR) is 94.1 cm³/mol. The standard InChI is InChI=1S/C20H17NO4/c1-14(25-20(23)18-12-7-13-24-18)19(22)21-17-11-6-5-10-16(17)15-8-3-2-4-9-15/h2-14H,1H3,(H,21,22)/t14-/m0/s1. The fraction of sp³-hybridized carbons (Fsp3) is 0.100. The molecule has 5 heteroatoms. The van der Waals surface area contributed by atoms with Crippen LogP contribution < -0.4 is 5.32 Å². The number of nitrogens with one attached hydrogen (secondary N) is 1. The summed E-state index contributed by atoms with van der Waals surface area (Å²) in [5.41, 5.74) is 2.53. The molecule has 126 valence electrons. The number of carbonyl (C=O) groups excluding carboxylic acids is 2. The zero-order chi connectivity index (χ0) is 17.6. The van der Waals surface area contributed by atoms with Gasteiger partial charge in [-0.2, -0.15) is 0 Å². The van der Waals surface area contributed by atoms with Crippen LogP contribution in [0.15, 0.2) is 77.4 Å². The molecular formula is C20H17NO4. The Kier molecular flexibility index (Phi) is 4.95. The zero-order valence-electron chi connectivity index (χ0n) is 13.6. The van der Waals surface area contributed by atoms with Crippen molar-refractivity contribution < 1.29 is 18.7 Å². The molecule has 0 saturated carbocycles. The van der Waals surface area contributed by atoms with Gasteiger partial charge >= 0.3 is 5.97 Å². The number of carbonyl (C=O) groups is 2. The minimum atomic E-state index is -0.957. The normalized spacial score (nSPS) is 11.6. The Bertz CT molecular complexity index is 856. The number of para-hydroxylation sites is 1. The van der Waals surface area contributed by atoms with Crippen LogP contribution in [-0.4, -0.2) is 18.0 Å². The van der Waals surface area contributed by atoms with Gasteiger partial charge in [0, 0.05) is 11.3 Å². The summed E-state index contributed by atoms with van der Waals surface area (Å²) in [4.78, 5) is 24.2. The van der Waals surface area contributed by atoms with E-state index in [1.54, 1.807) is 12.1 Å². The molecule has 0 radical (unpaired) electrons. The SMILES string of the molecule is C[C@H](OC(=O)c1ccco1)C(=O)Nc1ccccc1-c1ccccc1. The van der Waals surface area contributed by atoms with Crippen molar-refractivity contribution in [3.05, 3.63) is 78.8 Å². The Morgan fingerprint density at radius 3 is 2.40 bits per heavy atom. The number of furan rings is 1. The average Bonchev–Trinajstić information content (AvgIpc) is 3.17. The minimum absolute atomic E-state index is 0.0596. The molecule has 1 atom stereocenters. The molecule has 0 aliphatic heterocycles. The highest BCUT2D eigenvalue weighted by Gasteiger charge is 2.21. The minimum Gasteiger partial charge on any atom is -0.457 e. The summed E-state index contributed by atoms with van der Waals surface area (Å²) in [5.74, 6) is -1.03. The molecule has 0 unspecified atom stereocenters. The number of anilines is 1. The number of rotatable bonds is 5. The van der Waals surface area contributed by atoms with E-state index < -0.39 is 18.0 Å². The third-order valence-corrected chi connectivity index (χ3v) is 3.65. The van der Waals surface area contributed by atoms with Crippen molar-refractivity contribution in [2.24, 2.45) is 0 Å². The van der Waals surface area contributed by atoms with Crippen LogP contribution in [0, 0.1) is 0 Å². The maximum Gasteiger partial charge on any atom is 0.374 e. The summed E-state index contributed by atoms with van der Waals surface area (Å²) in [6.07, 6.45) is 0.415. The largest absolute Gasteiger partial charge is 0.457 e. The van der Waals surface area contributed by atoms with Crippen LogP contribution in [0.25, 0.3) is 11.1 Å². The quantitative estimate of drug-likeness (QED) is 0.712. The van der Waals surface area contributed by atoms with Crippen LogP contribution in [-0.2, 0) is 9.53 Å². The molecule has 3 rings (SSSR count). The van der Waals surface area contributed by atoms with Gasteiger partial charge in [-0.05, 0) is 30.7 Å². The number of benzene rings is 2. The van der Waals surface area contributed by atoms with Gasteiger partial charge in [0.1, 0.15) is 0 Å². The first-order valence-electron chi connectivity index (χ1n) is 7.85. The third kappa shape index (κ3) is 3.95. The van der Waals surface area contributed by atoms with Crippen molar-refractivity contribution in [1.82, 2.24) is 0 Å². The summed E-state index contributed by atoms with van der Waals surface area (Å²) < 4.78 is 10.1. The molecule has 0 bridgehead atoms. The van der Waals surface area contributed by atoms with Gasteiger partial charge in [0.05, 0.1) is 6.26 Å². The van der Waals surface area contributed by atoms with Gasteiger partial charge in [-0.3, -0.25) is 4.79 Å². The Labute approximate surface area is 145 Å². The molecule has 1 aromatic heterocycles. The highest BCUT2D eigenvalue weighted by Crippen LogP contribution is 2.27. The van der Waals surface area contributed by atoms with Gasteiger partial charge in [-0.1, -0.05) is 48.5 Å². The molecule has 25 heavy (non-hydrogen) atoms. The Hall–Kier alpha value is -3.34. The third-order valence-electron chi connectivity index (χ3n) is 3.65. The van der Waals surface area contributed by atoms with Crippen molar-refractivity contribution in [1.29, 1.82) is 0 Å². The Morgan fingerprint density at radius 1 is 0.960 bits per heavy atom. The zero-order valence-corrected chi connectivity index (χ0v) is 13.6. The van der Waals surface area contributed by atoms with Gasteiger partial charge < -0.3 is 14.5 Å². The highest BCUT2D eigenvalue weighted by atomic mass is 16.6. The van der Waals surface area contributed by atoms with Gasteiger partial charge in [0.15, 0.2) is 6.10 Å². The van der Waals surface area contributed by atoms with Crippen LogP contribution in [0.2, 0.25) is 0 Å². The number of hydrogen-bond acceptors (Lipinski definition) is 4. The van der Waals surface area contributed by atoms with E-state index >= 15 is 0 Å². The van der Waals surface area contributed by atoms with E-state index in [2.05, 4.69) is 5.32 Å². The molecule has 0 spiro atoms. The predicted octanol–water partition coefficient (Wildman–Crippen LogP) is 4.13. The van der Waals surface area contributed by atoms with Crippen LogP contribution >= 0.6 is 0 Å². The van der Waals surface area contributed by atoms with E-state index in [4.69, 9.17) is 9.15 Å². The molecule has 0 aliphatic rings.